The summed E-state index contributed by atoms with van der Waals surface area (Å²) in [4.78, 5) is 4.44. The molecule has 2 heterocycles. The van der Waals surface area contributed by atoms with E-state index in [2.05, 4.69) is 20.8 Å². The lowest BCUT2D eigenvalue weighted by Gasteiger charge is -2.57. The molecule has 1 aliphatic heterocycles. The van der Waals surface area contributed by atoms with Crippen LogP contribution < -0.4 is 10.6 Å². The number of ether oxygens (including phenoxy) is 1. The topological polar surface area (TPSA) is 71.7 Å². The molecule has 0 amide bonds. The van der Waals surface area contributed by atoms with Gasteiger partial charge in [-0.25, -0.2) is 0 Å². The molecule has 2 saturated carbocycles. The zero-order valence-corrected chi connectivity index (χ0v) is 14.9. The molecule has 0 bridgehead atoms. The van der Waals surface area contributed by atoms with Crippen molar-refractivity contribution in [2.45, 2.75) is 64.6 Å². The molecule has 132 valence electrons. The Morgan fingerprint density at radius 3 is 2.79 bits per heavy atom. The lowest BCUT2D eigenvalue weighted by molar-refractivity contribution is -0.125. The number of hydrogen-bond donors (Lipinski definition) is 2. The number of rotatable bonds is 3. The lowest BCUT2D eigenvalue weighted by Crippen LogP contribution is -2.69. The first-order valence-electron chi connectivity index (χ1n) is 9.16. The number of fused-ring (bicyclic) bond motifs is 2. The molecule has 2 N–H and O–H groups in total. The van der Waals surface area contributed by atoms with Crippen LogP contribution in [0.15, 0.2) is 9.52 Å². The molecule has 0 aromatic carbocycles. The summed E-state index contributed by atoms with van der Waals surface area (Å²) in [7, 11) is 1.84. The van der Waals surface area contributed by atoms with E-state index in [4.69, 9.17) is 9.26 Å². The van der Waals surface area contributed by atoms with Crippen LogP contribution in [0.25, 0.3) is 0 Å². The normalized spacial score (nSPS) is 31.1. The van der Waals surface area contributed by atoms with Crippen molar-refractivity contribution < 1.29 is 9.26 Å². The summed E-state index contributed by atoms with van der Waals surface area (Å²) in [6, 6.07) is 0.489. The van der Waals surface area contributed by atoms with Gasteiger partial charge in [-0.1, -0.05) is 18.0 Å². The maximum Gasteiger partial charge on any atom is 0.191 e. The van der Waals surface area contributed by atoms with Crippen molar-refractivity contribution in [3.63, 3.8) is 0 Å². The highest BCUT2D eigenvalue weighted by atomic mass is 16.5. The summed E-state index contributed by atoms with van der Waals surface area (Å²) in [5.41, 5.74) is 2.39. The first kappa shape index (κ1) is 15.9. The second-order valence-electron chi connectivity index (χ2n) is 7.53. The molecule has 24 heavy (non-hydrogen) atoms. The molecule has 1 spiro atoms. The number of aryl methyl sites for hydroxylation is 2. The summed E-state index contributed by atoms with van der Waals surface area (Å²) >= 11 is 0. The summed E-state index contributed by atoms with van der Waals surface area (Å²) in [5.74, 6) is 2.38. The zero-order valence-electron chi connectivity index (χ0n) is 14.9. The van der Waals surface area contributed by atoms with Gasteiger partial charge in [0, 0.05) is 43.1 Å². The Labute approximate surface area is 143 Å². The molecule has 6 heteroatoms. The number of aromatic nitrogens is 1. The number of nitrogens with zero attached hydrogens (tertiary/aromatic N) is 2. The molecule has 1 aromatic heterocycles. The van der Waals surface area contributed by atoms with Gasteiger partial charge in [0.1, 0.15) is 5.76 Å². The molecule has 4 rings (SSSR count). The van der Waals surface area contributed by atoms with E-state index in [0.29, 0.717) is 30.0 Å². The Bertz CT molecular complexity index is 613. The number of guanidine groups is 1. The van der Waals surface area contributed by atoms with E-state index in [9.17, 15) is 0 Å². The van der Waals surface area contributed by atoms with E-state index in [0.717, 1.165) is 29.6 Å². The monoisotopic (exact) mass is 332 g/mol. The van der Waals surface area contributed by atoms with Gasteiger partial charge in [0.15, 0.2) is 5.96 Å². The molecule has 3 aliphatic rings. The second kappa shape index (κ2) is 6.06. The van der Waals surface area contributed by atoms with Crippen molar-refractivity contribution in [3.8, 4) is 0 Å². The third kappa shape index (κ3) is 2.34. The fourth-order valence-electron chi connectivity index (χ4n) is 5.17. The van der Waals surface area contributed by atoms with Gasteiger partial charge in [-0.15, -0.1) is 0 Å². The fourth-order valence-corrected chi connectivity index (χ4v) is 5.17. The molecule has 2 aliphatic carbocycles. The van der Waals surface area contributed by atoms with Gasteiger partial charge in [-0.2, -0.15) is 0 Å². The van der Waals surface area contributed by atoms with Crippen molar-refractivity contribution in [3.05, 3.63) is 17.0 Å². The van der Waals surface area contributed by atoms with E-state index >= 15 is 0 Å². The lowest BCUT2D eigenvalue weighted by atomic mass is 9.54. The van der Waals surface area contributed by atoms with Gasteiger partial charge in [-0.05, 0) is 33.1 Å². The van der Waals surface area contributed by atoms with Crippen LogP contribution in [0.3, 0.4) is 0 Å². The van der Waals surface area contributed by atoms with Crippen molar-refractivity contribution in [2.75, 3.05) is 13.7 Å². The second-order valence-corrected chi connectivity index (χ2v) is 7.53. The van der Waals surface area contributed by atoms with Gasteiger partial charge in [0.05, 0.1) is 11.8 Å². The SMILES string of the molecule is CN=C(NCc1c(C)noc1C)NC1C2CCOC2C12CCCC2. The Morgan fingerprint density at radius 1 is 1.33 bits per heavy atom. The number of aliphatic imine (C=N–C) groups is 1. The molecule has 6 nitrogen and oxygen atoms in total. The van der Waals surface area contributed by atoms with Gasteiger partial charge in [0.2, 0.25) is 0 Å². The molecular weight excluding hydrogens is 304 g/mol. The van der Waals surface area contributed by atoms with Gasteiger partial charge in [0.25, 0.3) is 0 Å². The highest BCUT2D eigenvalue weighted by Crippen LogP contribution is 2.60. The standard InChI is InChI=1S/C18H28N4O2/c1-11-14(12(2)24-22-11)10-20-17(19-3)21-15-13-6-9-23-16(13)18(15)7-4-5-8-18/h13,15-16H,4-10H2,1-3H3,(H2,19,20,21). The van der Waals surface area contributed by atoms with Crippen molar-refractivity contribution in [1.29, 1.82) is 0 Å². The average Bonchev–Trinajstić information content (AvgIpc) is 3.29. The van der Waals surface area contributed by atoms with E-state index < -0.39 is 0 Å². The number of hydrogen-bond acceptors (Lipinski definition) is 4. The fraction of sp³-hybridized carbons (Fsp3) is 0.778. The maximum absolute atomic E-state index is 6.06. The van der Waals surface area contributed by atoms with Crippen LogP contribution >= 0.6 is 0 Å². The van der Waals surface area contributed by atoms with Crippen LogP contribution in [0.5, 0.6) is 0 Å². The summed E-state index contributed by atoms with van der Waals surface area (Å²) < 4.78 is 11.3. The van der Waals surface area contributed by atoms with Crippen molar-refractivity contribution >= 4 is 5.96 Å². The van der Waals surface area contributed by atoms with Crippen LogP contribution in [-0.4, -0.2) is 36.9 Å². The highest BCUT2D eigenvalue weighted by Gasteiger charge is 2.65. The van der Waals surface area contributed by atoms with Crippen LogP contribution in [-0.2, 0) is 11.3 Å². The highest BCUT2D eigenvalue weighted by molar-refractivity contribution is 5.80. The predicted molar refractivity (Wildman–Crippen MR) is 91.8 cm³/mol. The largest absolute Gasteiger partial charge is 0.377 e. The van der Waals surface area contributed by atoms with Crippen LogP contribution in [0, 0.1) is 25.2 Å². The Hall–Kier alpha value is -1.56. The quantitative estimate of drug-likeness (QED) is 0.656. The van der Waals surface area contributed by atoms with Gasteiger partial charge in [-0.3, -0.25) is 4.99 Å². The van der Waals surface area contributed by atoms with Crippen molar-refractivity contribution in [2.24, 2.45) is 16.3 Å². The third-order valence-electron chi connectivity index (χ3n) is 6.42. The molecule has 1 aromatic rings. The molecule has 3 atom stereocenters. The average molecular weight is 332 g/mol. The third-order valence-corrected chi connectivity index (χ3v) is 6.42. The summed E-state index contributed by atoms with van der Waals surface area (Å²) in [5, 5.41) is 11.2. The first-order chi connectivity index (χ1) is 11.7. The van der Waals surface area contributed by atoms with Crippen LogP contribution in [0.1, 0.15) is 49.1 Å². The minimum Gasteiger partial charge on any atom is -0.377 e. The van der Waals surface area contributed by atoms with Crippen LogP contribution in [0.2, 0.25) is 0 Å². The number of nitrogens with one attached hydrogen (secondary N) is 2. The van der Waals surface area contributed by atoms with E-state index in [-0.39, 0.29) is 0 Å². The van der Waals surface area contributed by atoms with E-state index in [1.54, 1.807) is 0 Å². The Morgan fingerprint density at radius 2 is 2.12 bits per heavy atom. The summed E-state index contributed by atoms with van der Waals surface area (Å²) in [6.45, 7) is 5.53. The summed E-state index contributed by atoms with van der Waals surface area (Å²) in [6.07, 6.45) is 6.87. The molecular formula is C18H28N4O2. The molecule has 0 radical (unpaired) electrons. The van der Waals surface area contributed by atoms with Crippen molar-refractivity contribution in [1.82, 2.24) is 15.8 Å². The smallest absolute Gasteiger partial charge is 0.191 e. The van der Waals surface area contributed by atoms with Gasteiger partial charge < -0.3 is 19.9 Å². The van der Waals surface area contributed by atoms with Crippen LogP contribution in [0.4, 0.5) is 0 Å². The molecule has 1 saturated heterocycles. The minimum absolute atomic E-state index is 0.335. The first-order valence-corrected chi connectivity index (χ1v) is 9.16. The molecule has 3 unspecified atom stereocenters. The van der Waals surface area contributed by atoms with Gasteiger partial charge >= 0.3 is 0 Å². The maximum atomic E-state index is 6.06. The van der Waals surface area contributed by atoms with E-state index in [1.807, 2.05) is 20.9 Å². The Kier molecular flexibility index (Phi) is 4.03. The predicted octanol–water partition coefficient (Wildman–Crippen LogP) is 2.30. The molecule has 3 fully saturated rings. The minimum atomic E-state index is 0.335. The zero-order chi connectivity index (χ0) is 16.7. The Balaban J connectivity index is 1.43. The van der Waals surface area contributed by atoms with E-state index in [1.165, 1.54) is 32.1 Å².